The molecule has 0 fully saturated rings. The summed E-state index contributed by atoms with van der Waals surface area (Å²) >= 11 is 1.61. The van der Waals surface area contributed by atoms with Crippen LogP contribution in [-0.2, 0) is 11.4 Å². The minimum absolute atomic E-state index is 0.00994. The number of aryl methyl sites for hydroxylation is 1. The maximum Gasteiger partial charge on any atom is 0.246 e. The molecular formula is C18H22N2O2S. The van der Waals surface area contributed by atoms with Gasteiger partial charge in [0.25, 0.3) is 0 Å². The number of thiazole rings is 1. The van der Waals surface area contributed by atoms with E-state index >= 15 is 0 Å². The van der Waals surface area contributed by atoms with E-state index in [1.807, 2.05) is 50.4 Å². The third-order valence-electron chi connectivity index (χ3n) is 3.45. The van der Waals surface area contributed by atoms with Crippen molar-refractivity contribution < 1.29 is 9.53 Å². The predicted octanol–water partition coefficient (Wildman–Crippen LogP) is 3.91. The molecule has 0 radical (unpaired) electrons. The van der Waals surface area contributed by atoms with Crippen molar-refractivity contribution in [3.63, 3.8) is 0 Å². The normalized spacial score (nSPS) is 11.2. The second-order valence-electron chi connectivity index (χ2n) is 5.60. The van der Waals surface area contributed by atoms with E-state index in [2.05, 4.69) is 4.98 Å². The molecule has 4 nitrogen and oxygen atoms in total. The second-order valence-corrected chi connectivity index (χ2v) is 6.66. The van der Waals surface area contributed by atoms with Gasteiger partial charge in [0.1, 0.15) is 12.4 Å². The summed E-state index contributed by atoms with van der Waals surface area (Å²) in [5, 5.41) is 3.03. The van der Waals surface area contributed by atoms with Crippen LogP contribution in [0, 0.1) is 6.92 Å². The molecule has 2 rings (SSSR count). The van der Waals surface area contributed by atoms with E-state index in [-0.39, 0.29) is 11.9 Å². The minimum Gasteiger partial charge on any atom is -0.487 e. The topological polar surface area (TPSA) is 42.4 Å². The monoisotopic (exact) mass is 330 g/mol. The maximum absolute atomic E-state index is 12.0. The molecule has 5 heteroatoms. The van der Waals surface area contributed by atoms with Crippen LogP contribution < -0.4 is 4.74 Å². The van der Waals surface area contributed by atoms with E-state index in [9.17, 15) is 4.79 Å². The van der Waals surface area contributed by atoms with Crippen molar-refractivity contribution >= 4 is 23.3 Å². The number of aromatic nitrogens is 1. The number of likely N-dealkylation sites (N-methyl/N-ethyl adjacent to an activating group) is 1. The van der Waals surface area contributed by atoms with E-state index in [4.69, 9.17) is 4.74 Å². The molecule has 1 aromatic heterocycles. The Morgan fingerprint density at radius 2 is 2.22 bits per heavy atom. The first-order valence-corrected chi connectivity index (χ1v) is 8.42. The Bertz CT molecular complexity index is 692. The number of carbonyl (C=O) groups is 1. The molecule has 0 saturated heterocycles. The minimum atomic E-state index is -0.00994. The maximum atomic E-state index is 12.0. The molecule has 23 heavy (non-hydrogen) atoms. The zero-order chi connectivity index (χ0) is 16.8. The Kier molecular flexibility index (Phi) is 5.93. The number of hydrogen-bond donors (Lipinski definition) is 0. The molecule has 1 aromatic carbocycles. The largest absolute Gasteiger partial charge is 0.487 e. The number of rotatable bonds is 6. The smallest absolute Gasteiger partial charge is 0.246 e. The summed E-state index contributed by atoms with van der Waals surface area (Å²) in [4.78, 5) is 18.0. The van der Waals surface area contributed by atoms with Crippen molar-refractivity contribution in [1.82, 2.24) is 9.88 Å². The lowest BCUT2D eigenvalue weighted by molar-refractivity contribution is -0.126. The van der Waals surface area contributed by atoms with E-state index in [1.54, 1.807) is 35.4 Å². The highest BCUT2D eigenvalue weighted by molar-refractivity contribution is 7.09. The Morgan fingerprint density at radius 1 is 1.43 bits per heavy atom. The fraction of sp³-hybridized carbons (Fsp3) is 0.333. The van der Waals surface area contributed by atoms with Gasteiger partial charge >= 0.3 is 0 Å². The van der Waals surface area contributed by atoms with Gasteiger partial charge in [-0.15, -0.1) is 11.3 Å². The molecule has 0 spiro atoms. The van der Waals surface area contributed by atoms with Gasteiger partial charge < -0.3 is 9.64 Å². The lowest BCUT2D eigenvalue weighted by Gasteiger charge is -2.19. The van der Waals surface area contributed by atoms with Gasteiger partial charge in [-0.2, -0.15) is 0 Å². The van der Waals surface area contributed by atoms with Gasteiger partial charge in [-0.25, -0.2) is 4.98 Å². The van der Waals surface area contributed by atoms with Crippen LogP contribution in [0.1, 0.15) is 30.1 Å². The van der Waals surface area contributed by atoms with Crippen molar-refractivity contribution in [2.75, 3.05) is 7.05 Å². The molecule has 0 atom stereocenters. The van der Waals surface area contributed by atoms with Crippen LogP contribution in [0.2, 0.25) is 0 Å². The highest BCUT2D eigenvalue weighted by atomic mass is 32.1. The van der Waals surface area contributed by atoms with Crippen LogP contribution in [0.15, 0.2) is 35.7 Å². The molecule has 1 amide bonds. The average molecular weight is 330 g/mol. The van der Waals surface area contributed by atoms with Crippen LogP contribution in [0.5, 0.6) is 5.75 Å². The summed E-state index contributed by atoms with van der Waals surface area (Å²) in [6, 6.07) is 7.86. The van der Waals surface area contributed by atoms with Crippen LogP contribution in [0.3, 0.4) is 0 Å². The van der Waals surface area contributed by atoms with Crippen LogP contribution in [-0.4, -0.2) is 28.9 Å². The third kappa shape index (κ3) is 5.21. The number of amides is 1. The van der Waals surface area contributed by atoms with Crippen LogP contribution in [0.25, 0.3) is 6.08 Å². The van der Waals surface area contributed by atoms with Crippen molar-refractivity contribution in [1.29, 1.82) is 0 Å². The Hall–Kier alpha value is -2.14. The summed E-state index contributed by atoms with van der Waals surface area (Å²) < 4.78 is 5.75. The number of nitrogens with zero attached hydrogens (tertiary/aromatic N) is 2. The molecule has 1 heterocycles. The van der Waals surface area contributed by atoms with Gasteiger partial charge in [-0.1, -0.05) is 12.1 Å². The average Bonchev–Trinajstić information content (AvgIpc) is 2.95. The van der Waals surface area contributed by atoms with Crippen molar-refractivity contribution in [2.24, 2.45) is 0 Å². The van der Waals surface area contributed by atoms with Gasteiger partial charge in [-0.05, 0) is 44.5 Å². The first-order chi connectivity index (χ1) is 11.0. The van der Waals surface area contributed by atoms with E-state index < -0.39 is 0 Å². The summed E-state index contributed by atoms with van der Waals surface area (Å²) in [7, 11) is 1.80. The van der Waals surface area contributed by atoms with Crippen molar-refractivity contribution in [3.05, 3.63) is 52.0 Å². The quantitative estimate of drug-likeness (QED) is 0.754. The standard InChI is InChI=1S/C18H22N2O2S/c1-13(2)20(4)18(21)9-8-15-6-5-7-17(10-15)22-11-16-12-23-14(3)19-16/h5-10,12-13H,11H2,1-4H3/b9-8+. The Labute approximate surface area is 141 Å². The first-order valence-electron chi connectivity index (χ1n) is 7.54. The molecule has 2 aromatic rings. The Morgan fingerprint density at radius 3 is 2.87 bits per heavy atom. The zero-order valence-corrected chi connectivity index (χ0v) is 14.8. The highest BCUT2D eigenvalue weighted by Gasteiger charge is 2.07. The predicted molar refractivity (Wildman–Crippen MR) is 94.6 cm³/mol. The number of carbonyl (C=O) groups excluding carboxylic acids is 1. The molecule has 122 valence electrons. The fourth-order valence-corrected chi connectivity index (χ4v) is 2.48. The van der Waals surface area contributed by atoms with Crippen LogP contribution >= 0.6 is 11.3 Å². The second kappa shape index (κ2) is 7.92. The molecule has 0 aliphatic carbocycles. The Balaban J connectivity index is 1.98. The van der Waals surface area contributed by atoms with Gasteiger partial charge in [0.2, 0.25) is 5.91 Å². The van der Waals surface area contributed by atoms with E-state index in [1.165, 1.54) is 0 Å². The molecule has 0 bridgehead atoms. The molecule has 0 aliphatic heterocycles. The van der Waals surface area contributed by atoms with Crippen molar-refractivity contribution in [2.45, 2.75) is 33.4 Å². The van der Waals surface area contributed by atoms with E-state index in [0.29, 0.717) is 6.61 Å². The van der Waals surface area contributed by atoms with Gasteiger partial charge in [0.05, 0.1) is 10.7 Å². The van der Waals surface area contributed by atoms with Crippen LogP contribution in [0.4, 0.5) is 0 Å². The van der Waals surface area contributed by atoms with E-state index in [0.717, 1.165) is 22.0 Å². The molecular weight excluding hydrogens is 308 g/mol. The van der Waals surface area contributed by atoms with Gasteiger partial charge in [-0.3, -0.25) is 4.79 Å². The summed E-state index contributed by atoms with van der Waals surface area (Å²) in [5.74, 6) is 0.756. The molecule has 0 aliphatic rings. The van der Waals surface area contributed by atoms with Crippen molar-refractivity contribution in [3.8, 4) is 5.75 Å². The SMILES string of the molecule is Cc1nc(COc2cccc(/C=C/C(=O)N(C)C(C)C)c2)cs1. The third-order valence-corrected chi connectivity index (χ3v) is 4.27. The number of hydrogen-bond acceptors (Lipinski definition) is 4. The molecule has 0 N–H and O–H groups in total. The number of ether oxygens (including phenoxy) is 1. The zero-order valence-electron chi connectivity index (χ0n) is 13.9. The highest BCUT2D eigenvalue weighted by Crippen LogP contribution is 2.17. The summed E-state index contributed by atoms with van der Waals surface area (Å²) in [6.07, 6.45) is 3.39. The lowest BCUT2D eigenvalue weighted by atomic mass is 10.2. The summed E-state index contributed by atoms with van der Waals surface area (Å²) in [6.45, 7) is 6.40. The van der Waals surface area contributed by atoms with Gasteiger partial charge in [0, 0.05) is 24.5 Å². The summed E-state index contributed by atoms with van der Waals surface area (Å²) in [5.41, 5.74) is 1.87. The number of benzene rings is 1. The molecule has 0 unspecified atom stereocenters. The van der Waals surface area contributed by atoms with Gasteiger partial charge in [0.15, 0.2) is 0 Å². The fourth-order valence-electron chi connectivity index (χ4n) is 1.88. The molecule has 0 saturated carbocycles. The lowest BCUT2D eigenvalue weighted by Crippen LogP contribution is -2.31. The first kappa shape index (κ1) is 17.2.